The number of hydrogen-bond acceptors (Lipinski definition) is 3. The minimum absolute atomic E-state index is 0.162. The molecule has 2 heterocycles. The van der Waals surface area contributed by atoms with Crippen LogP contribution in [-0.4, -0.2) is 44.0 Å². The number of piperidine rings is 2. The van der Waals surface area contributed by atoms with Crippen molar-refractivity contribution in [3.05, 3.63) is 24.3 Å². The van der Waals surface area contributed by atoms with Gasteiger partial charge in [-0.3, -0.25) is 4.79 Å². The summed E-state index contributed by atoms with van der Waals surface area (Å²) in [5.41, 5.74) is 2.19. The van der Waals surface area contributed by atoms with Crippen LogP contribution >= 0.6 is 0 Å². The van der Waals surface area contributed by atoms with E-state index in [2.05, 4.69) is 41.2 Å². The van der Waals surface area contributed by atoms with E-state index >= 15 is 0 Å². The van der Waals surface area contributed by atoms with Crippen molar-refractivity contribution in [1.29, 1.82) is 0 Å². The smallest absolute Gasteiger partial charge is 0.227 e. The molecule has 0 radical (unpaired) electrons. The molecule has 0 bridgehead atoms. The molecule has 2 fully saturated rings. The van der Waals surface area contributed by atoms with Gasteiger partial charge in [-0.1, -0.05) is 6.92 Å². The number of likely N-dealkylation sites (tertiary alicyclic amines) is 1. The van der Waals surface area contributed by atoms with Crippen molar-refractivity contribution in [2.45, 2.75) is 32.6 Å². The van der Waals surface area contributed by atoms with Crippen molar-refractivity contribution in [3.63, 3.8) is 0 Å². The molecule has 126 valence electrons. The van der Waals surface area contributed by atoms with Gasteiger partial charge in [0.25, 0.3) is 0 Å². The van der Waals surface area contributed by atoms with Crippen molar-refractivity contribution >= 4 is 17.3 Å². The first kappa shape index (κ1) is 16.3. The topological polar surface area (TPSA) is 35.6 Å². The first-order valence-corrected chi connectivity index (χ1v) is 8.96. The standard InChI is InChI=1S/C19H29N3O/c1-15-7-13-22(14-8-15)18-5-3-17(4-6-18)20-19(23)16-9-11-21(2)12-10-16/h3-6,15-16H,7-14H2,1-2H3,(H,20,23). The third-order valence-corrected chi connectivity index (χ3v) is 5.37. The number of nitrogens with zero attached hydrogens (tertiary/aromatic N) is 2. The van der Waals surface area contributed by atoms with Gasteiger partial charge >= 0.3 is 0 Å². The van der Waals surface area contributed by atoms with Crippen LogP contribution in [0.4, 0.5) is 11.4 Å². The first-order chi connectivity index (χ1) is 11.1. The van der Waals surface area contributed by atoms with Crippen molar-refractivity contribution in [3.8, 4) is 0 Å². The Hall–Kier alpha value is -1.55. The molecule has 0 unspecified atom stereocenters. The number of rotatable bonds is 3. The van der Waals surface area contributed by atoms with Gasteiger partial charge in [0.1, 0.15) is 0 Å². The second-order valence-electron chi connectivity index (χ2n) is 7.28. The molecule has 23 heavy (non-hydrogen) atoms. The third kappa shape index (κ3) is 4.25. The van der Waals surface area contributed by atoms with Gasteiger partial charge in [0, 0.05) is 30.4 Å². The van der Waals surface area contributed by atoms with Gasteiger partial charge in [0.05, 0.1) is 0 Å². The zero-order valence-corrected chi connectivity index (χ0v) is 14.4. The van der Waals surface area contributed by atoms with E-state index in [4.69, 9.17) is 0 Å². The van der Waals surface area contributed by atoms with Crippen LogP contribution in [0.15, 0.2) is 24.3 Å². The van der Waals surface area contributed by atoms with Gasteiger partial charge in [-0.25, -0.2) is 0 Å². The number of amides is 1. The van der Waals surface area contributed by atoms with Gasteiger partial charge < -0.3 is 15.1 Å². The molecule has 0 aromatic heterocycles. The van der Waals surface area contributed by atoms with Crippen LogP contribution in [0, 0.1) is 11.8 Å². The Balaban J connectivity index is 1.54. The molecular weight excluding hydrogens is 286 g/mol. The van der Waals surface area contributed by atoms with Gasteiger partial charge in [0.2, 0.25) is 5.91 Å². The van der Waals surface area contributed by atoms with E-state index in [-0.39, 0.29) is 11.8 Å². The summed E-state index contributed by atoms with van der Waals surface area (Å²) in [7, 11) is 2.12. The van der Waals surface area contributed by atoms with Gasteiger partial charge in [-0.15, -0.1) is 0 Å². The summed E-state index contributed by atoms with van der Waals surface area (Å²) in [5, 5.41) is 3.09. The van der Waals surface area contributed by atoms with Crippen LogP contribution in [0.2, 0.25) is 0 Å². The van der Waals surface area contributed by atoms with Crippen molar-refractivity contribution < 1.29 is 4.79 Å². The minimum Gasteiger partial charge on any atom is -0.372 e. The van der Waals surface area contributed by atoms with Gasteiger partial charge in [-0.2, -0.15) is 0 Å². The summed E-state index contributed by atoms with van der Waals surface area (Å²) in [5.74, 6) is 1.19. The van der Waals surface area contributed by atoms with Crippen molar-refractivity contribution in [1.82, 2.24) is 4.90 Å². The van der Waals surface area contributed by atoms with Crippen LogP contribution in [0.5, 0.6) is 0 Å². The predicted molar refractivity (Wildman–Crippen MR) is 95.9 cm³/mol. The molecule has 1 N–H and O–H groups in total. The highest BCUT2D eigenvalue weighted by Crippen LogP contribution is 2.25. The van der Waals surface area contributed by atoms with Crippen molar-refractivity contribution in [2.24, 2.45) is 11.8 Å². The lowest BCUT2D eigenvalue weighted by atomic mass is 9.96. The first-order valence-electron chi connectivity index (χ1n) is 8.96. The third-order valence-electron chi connectivity index (χ3n) is 5.37. The predicted octanol–water partition coefficient (Wildman–Crippen LogP) is 3.20. The van der Waals surface area contributed by atoms with E-state index in [0.29, 0.717) is 0 Å². The molecular formula is C19H29N3O. The van der Waals surface area contributed by atoms with Crippen LogP contribution in [-0.2, 0) is 4.79 Å². The summed E-state index contributed by atoms with van der Waals surface area (Å²) >= 11 is 0. The van der Waals surface area contributed by atoms with Crippen LogP contribution < -0.4 is 10.2 Å². The Morgan fingerprint density at radius 1 is 1.00 bits per heavy atom. The quantitative estimate of drug-likeness (QED) is 0.930. The molecule has 2 aliphatic rings. The molecule has 1 aromatic rings. The molecule has 0 spiro atoms. The average molecular weight is 315 g/mol. The molecule has 0 aliphatic carbocycles. The SMILES string of the molecule is CC1CCN(c2ccc(NC(=O)C3CCN(C)CC3)cc2)CC1. The fourth-order valence-electron chi connectivity index (χ4n) is 3.54. The number of nitrogens with one attached hydrogen (secondary N) is 1. The largest absolute Gasteiger partial charge is 0.372 e. The molecule has 0 saturated carbocycles. The summed E-state index contributed by atoms with van der Waals surface area (Å²) in [6.07, 6.45) is 4.47. The molecule has 3 rings (SSSR count). The molecule has 1 aromatic carbocycles. The molecule has 1 amide bonds. The lowest BCUT2D eigenvalue weighted by Crippen LogP contribution is -2.36. The lowest BCUT2D eigenvalue weighted by Gasteiger charge is -2.32. The monoisotopic (exact) mass is 315 g/mol. The van der Waals surface area contributed by atoms with Crippen molar-refractivity contribution in [2.75, 3.05) is 43.4 Å². The zero-order valence-electron chi connectivity index (χ0n) is 14.4. The molecule has 4 nitrogen and oxygen atoms in total. The molecule has 2 aliphatic heterocycles. The Morgan fingerprint density at radius 3 is 2.22 bits per heavy atom. The Labute approximate surface area is 139 Å². The summed E-state index contributed by atoms with van der Waals surface area (Å²) in [4.78, 5) is 17.1. The second-order valence-corrected chi connectivity index (χ2v) is 7.28. The number of carbonyl (C=O) groups is 1. The van der Waals surface area contributed by atoms with Crippen LogP contribution in [0.3, 0.4) is 0 Å². The Morgan fingerprint density at radius 2 is 1.61 bits per heavy atom. The summed E-state index contributed by atoms with van der Waals surface area (Å²) in [6, 6.07) is 8.36. The van der Waals surface area contributed by atoms with Gasteiger partial charge in [0.15, 0.2) is 0 Å². The maximum atomic E-state index is 12.4. The minimum atomic E-state index is 0.162. The van der Waals surface area contributed by atoms with E-state index < -0.39 is 0 Å². The Kier molecular flexibility index (Phi) is 5.21. The molecule has 4 heteroatoms. The van der Waals surface area contributed by atoms with Crippen LogP contribution in [0.25, 0.3) is 0 Å². The second kappa shape index (κ2) is 7.35. The highest BCUT2D eigenvalue weighted by molar-refractivity contribution is 5.92. The maximum Gasteiger partial charge on any atom is 0.227 e. The average Bonchev–Trinajstić information content (AvgIpc) is 2.57. The summed E-state index contributed by atoms with van der Waals surface area (Å²) < 4.78 is 0. The van der Waals surface area contributed by atoms with E-state index in [1.165, 1.54) is 18.5 Å². The highest BCUT2D eigenvalue weighted by Gasteiger charge is 2.23. The molecule has 2 saturated heterocycles. The lowest BCUT2D eigenvalue weighted by molar-refractivity contribution is -0.121. The summed E-state index contributed by atoms with van der Waals surface area (Å²) in [6.45, 7) is 6.65. The van der Waals surface area contributed by atoms with Gasteiger partial charge in [-0.05, 0) is 76.0 Å². The molecule has 0 atom stereocenters. The van der Waals surface area contributed by atoms with E-state index in [9.17, 15) is 4.79 Å². The highest BCUT2D eigenvalue weighted by atomic mass is 16.1. The fourth-order valence-corrected chi connectivity index (χ4v) is 3.54. The number of anilines is 2. The number of benzene rings is 1. The van der Waals surface area contributed by atoms with E-state index in [1.807, 2.05) is 12.1 Å². The van der Waals surface area contributed by atoms with E-state index in [1.54, 1.807) is 0 Å². The maximum absolute atomic E-state index is 12.4. The fraction of sp³-hybridized carbons (Fsp3) is 0.632. The number of carbonyl (C=O) groups excluding carboxylic acids is 1. The number of hydrogen-bond donors (Lipinski definition) is 1. The normalized spacial score (nSPS) is 21.4. The van der Waals surface area contributed by atoms with E-state index in [0.717, 1.165) is 50.6 Å². The van der Waals surface area contributed by atoms with Crippen LogP contribution in [0.1, 0.15) is 32.6 Å². The Bertz CT molecular complexity index is 512. The zero-order chi connectivity index (χ0) is 16.2.